The number of rotatable bonds is 5. The van der Waals surface area contributed by atoms with Gasteiger partial charge in [0.05, 0.1) is 31.1 Å². The number of nitrogens with one attached hydrogen (secondary N) is 1. The number of para-hydroxylation sites is 1. The minimum atomic E-state index is -0.643. The largest absolute Gasteiger partial charge is 0.476 e. The quantitative estimate of drug-likeness (QED) is 0.883. The Morgan fingerprint density at radius 2 is 2.13 bits per heavy atom. The summed E-state index contributed by atoms with van der Waals surface area (Å²) in [5, 5.41) is 7.10. The second kappa shape index (κ2) is 5.92. The van der Waals surface area contributed by atoms with Crippen LogP contribution in [-0.2, 0) is 4.74 Å². The lowest BCUT2D eigenvalue weighted by Gasteiger charge is -2.37. The van der Waals surface area contributed by atoms with E-state index in [9.17, 15) is 4.79 Å². The van der Waals surface area contributed by atoms with Crippen molar-refractivity contribution < 1.29 is 14.3 Å². The van der Waals surface area contributed by atoms with Crippen molar-refractivity contribution in [3.8, 4) is 11.6 Å². The van der Waals surface area contributed by atoms with Crippen LogP contribution in [-0.4, -0.2) is 35.6 Å². The Kier molecular flexibility index (Phi) is 3.96. The number of carbonyl (C=O) groups excluding carboxylic acids is 1. The van der Waals surface area contributed by atoms with Gasteiger partial charge in [0.15, 0.2) is 0 Å². The van der Waals surface area contributed by atoms with Crippen LogP contribution in [0.1, 0.15) is 12.5 Å². The van der Waals surface area contributed by atoms with E-state index in [0.29, 0.717) is 31.5 Å². The van der Waals surface area contributed by atoms with Gasteiger partial charge in [0, 0.05) is 5.41 Å². The van der Waals surface area contributed by atoms with Crippen molar-refractivity contribution in [2.45, 2.75) is 13.8 Å². The second-order valence-corrected chi connectivity index (χ2v) is 6.11. The van der Waals surface area contributed by atoms with E-state index in [2.05, 4.69) is 17.3 Å². The summed E-state index contributed by atoms with van der Waals surface area (Å²) in [6, 6.07) is 8.85. The molecule has 0 atom stereocenters. The van der Waals surface area contributed by atoms with E-state index in [4.69, 9.17) is 15.2 Å². The third kappa shape index (κ3) is 3.14. The zero-order chi connectivity index (χ0) is 16.4. The van der Waals surface area contributed by atoms with Crippen LogP contribution in [0, 0.1) is 12.3 Å². The smallest absolute Gasteiger partial charge is 0.317 e. The molecule has 2 heterocycles. The molecule has 0 saturated carbocycles. The molecular formula is C16H20N4O3. The van der Waals surface area contributed by atoms with E-state index in [1.165, 1.54) is 0 Å². The van der Waals surface area contributed by atoms with Crippen molar-refractivity contribution in [1.29, 1.82) is 0 Å². The van der Waals surface area contributed by atoms with Crippen LogP contribution in [0.3, 0.4) is 0 Å². The third-order valence-electron chi connectivity index (χ3n) is 3.78. The Hall–Kier alpha value is -2.54. The summed E-state index contributed by atoms with van der Waals surface area (Å²) in [6.07, 6.45) is 0. The summed E-state index contributed by atoms with van der Waals surface area (Å²) in [6.45, 7) is 5.81. The first-order chi connectivity index (χ1) is 11.0. The number of hydrogen-bond donors (Lipinski definition) is 2. The Labute approximate surface area is 134 Å². The molecule has 0 unspecified atom stereocenters. The average Bonchev–Trinajstić information content (AvgIpc) is 2.80. The molecule has 0 radical (unpaired) electrons. The SMILES string of the molecule is Cc1c(OCC2(C)COC2)nn(-c2ccccc2)c1NC(N)=O. The number of anilines is 1. The Balaban J connectivity index is 1.91. The highest BCUT2D eigenvalue weighted by atomic mass is 16.5. The maximum absolute atomic E-state index is 11.3. The number of aromatic nitrogens is 2. The number of nitrogens with zero attached hydrogens (tertiary/aromatic N) is 2. The maximum Gasteiger partial charge on any atom is 0.317 e. The molecule has 3 rings (SSSR count). The van der Waals surface area contributed by atoms with Crippen LogP contribution < -0.4 is 15.8 Å². The van der Waals surface area contributed by atoms with Gasteiger partial charge in [-0.05, 0) is 19.1 Å². The lowest BCUT2D eigenvalue weighted by molar-refractivity contribution is -0.120. The van der Waals surface area contributed by atoms with Gasteiger partial charge in [-0.25, -0.2) is 9.48 Å². The molecule has 7 nitrogen and oxygen atoms in total. The van der Waals surface area contributed by atoms with E-state index in [1.54, 1.807) is 4.68 Å². The molecule has 0 aliphatic carbocycles. The molecule has 1 aromatic carbocycles. The Morgan fingerprint density at radius 1 is 1.43 bits per heavy atom. The maximum atomic E-state index is 11.3. The monoisotopic (exact) mass is 316 g/mol. The molecule has 1 aliphatic rings. The van der Waals surface area contributed by atoms with Crippen molar-refractivity contribution in [1.82, 2.24) is 9.78 Å². The summed E-state index contributed by atoms with van der Waals surface area (Å²) in [5.74, 6) is 0.986. The van der Waals surface area contributed by atoms with E-state index < -0.39 is 6.03 Å². The number of primary amides is 1. The predicted octanol–water partition coefficient (Wildman–Crippen LogP) is 2.09. The second-order valence-electron chi connectivity index (χ2n) is 6.11. The van der Waals surface area contributed by atoms with Gasteiger partial charge in [0.2, 0.25) is 5.88 Å². The lowest BCUT2D eigenvalue weighted by atomic mass is 9.90. The van der Waals surface area contributed by atoms with Crippen LogP contribution in [0.2, 0.25) is 0 Å². The fourth-order valence-corrected chi connectivity index (χ4v) is 2.41. The lowest BCUT2D eigenvalue weighted by Crippen LogP contribution is -2.44. The van der Waals surface area contributed by atoms with Gasteiger partial charge in [0.1, 0.15) is 5.82 Å². The number of nitrogens with two attached hydrogens (primary N) is 1. The highest BCUT2D eigenvalue weighted by Crippen LogP contribution is 2.31. The summed E-state index contributed by atoms with van der Waals surface area (Å²) >= 11 is 0. The van der Waals surface area contributed by atoms with Gasteiger partial charge < -0.3 is 15.2 Å². The molecule has 2 amide bonds. The van der Waals surface area contributed by atoms with Gasteiger partial charge in [-0.1, -0.05) is 25.1 Å². The van der Waals surface area contributed by atoms with Gasteiger partial charge >= 0.3 is 6.03 Å². The zero-order valence-electron chi connectivity index (χ0n) is 13.2. The standard InChI is InChI=1S/C16H20N4O3/c1-11-13(18-15(17)21)20(12-6-4-3-5-7-12)19-14(11)23-10-16(2)8-22-9-16/h3-7H,8-10H2,1-2H3,(H3,17,18,21). The first-order valence-corrected chi connectivity index (χ1v) is 7.41. The van der Waals surface area contributed by atoms with E-state index in [1.807, 2.05) is 37.3 Å². The molecular weight excluding hydrogens is 296 g/mol. The van der Waals surface area contributed by atoms with Crippen LogP contribution >= 0.6 is 0 Å². The number of ether oxygens (including phenoxy) is 2. The van der Waals surface area contributed by atoms with Gasteiger partial charge in [-0.15, -0.1) is 5.10 Å². The summed E-state index contributed by atoms with van der Waals surface area (Å²) < 4.78 is 12.7. The molecule has 3 N–H and O–H groups in total. The van der Waals surface area contributed by atoms with E-state index in [-0.39, 0.29) is 5.41 Å². The number of hydrogen-bond acceptors (Lipinski definition) is 4. The zero-order valence-corrected chi connectivity index (χ0v) is 13.2. The van der Waals surface area contributed by atoms with Crippen LogP contribution in [0.15, 0.2) is 30.3 Å². The molecule has 1 aliphatic heterocycles. The molecule has 0 spiro atoms. The van der Waals surface area contributed by atoms with E-state index >= 15 is 0 Å². The summed E-state index contributed by atoms with van der Waals surface area (Å²) in [4.78, 5) is 11.3. The molecule has 122 valence electrons. The van der Waals surface area contributed by atoms with Gasteiger partial charge in [0.25, 0.3) is 0 Å². The van der Waals surface area contributed by atoms with Crippen LogP contribution in [0.5, 0.6) is 5.88 Å². The number of amides is 2. The number of carbonyl (C=O) groups is 1. The first-order valence-electron chi connectivity index (χ1n) is 7.41. The predicted molar refractivity (Wildman–Crippen MR) is 85.9 cm³/mol. The van der Waals surface area contributed by atoms with Crippen molar-refractivity contribution in [2.24, 2.45) is 11.1 Å². The normalized spacial score (nSPS) is 15.7. The average molecular weight is 316 g/mol. The number of benzene rings is 1. The molecule has 7 heteroatoms. The topological polar surface area (TPSA) is 91.4 Å². The molecule has 0 bridgehead atoms. The van der Waals surface area contributed by atoms with Crippen LogP contribution in [0.4, 0.5) is 10.6 Å². The van der Waals surface area contributed by atoms with Crippen molar-refractivity contribution in [3.05, 3.63) is 35.9 Å². The van der Waals surface area contributed by atoms with Crippen molar-refractivity contribution in [2.75, 3.05) is 25.1 Å². The Morgan fingerprint density at radius 3 is 2.70 bits per heavy atom. The first kappa shape index (κ1) is 15.4. The highest BCUT2D eigenvalue weighted by Gasteiger charge is 2.35. The minimum absolute atomic E-state index is 0.0141. The molecule has 2 aromatic rings. The van der Waals surface area contributed by atoms with Crippen molar-refractivity contribution in [3.63, 3.8) is 0 Å². The fraction of sp³-hybridized carbons (Fsp3) is 0.375. The fourth-order valence-electron chi connectivity index (χ4n) is 2.41. The Bertz CT molecular complexity index is 708. The molecule has 1 aromatic heterocycles. The van der Waals surface area contributed by atoms with Crippen LogP contribution in [0.25, 0.3) is 5.69 Å². The summed E-state index contributed by atoms with van der Waals surface area (Å²) in [7, 11) is 0. The number of urea groups is 1. The highest BCUT2D eigenvalue weighted by molar-refractivity contribution is 5.88. The van der Waals surface area contributed by atoms with Gasteiger partial charge in [-0.2, -0.15) is 0 Å². The summed E-state index contributed by atoms with van der Waals surface area (Å²) in [5.41, 5.74) is 6.83. The minimum Gasteiger partial charge on any atom is -0.476 e. The third-order valence-corrected chi connectivity index (χ3v) is 3.78. The molecule has 23 heavy (non-hydrogen) atoms. The van der Waals surface area contributed by atoms with Gasteiger partial charge in [-0.3, -0.25) is 5.32 Å². The molecule has 1 fully saturated rings. The van der Waals surface area contributed by atoms with Crippen molar-refractivity contribution >= 4 is 11.8 Å². The molecule has 1 saturated heterocycles. The van der Waals surface area contributed by atoms with E-state index in [0.717, 1.165) is 11.3 Å².